The van der Waals surface area contributed by atoms with Crippen molar-refractivity contribution in [2.24, 2.45) is 0 Å². The molecule has 2 aromatic rings. The maximum atomic E-state index is 13.2. The number of halogens is 2. The summed E-state index contributed by atoms with van der Waals surface area (Å²) in [5.74, 6) is -0.564. The standard InChI is InChI=1S/C20H15F2N3OS/c21-14-3-1-13(2-4-14)17-9-19(26)25-11-24(12-27-20(25)18(17)10-23)16-7-5-15(22)6-8-16/h1-8,17H,9,11-12H2/t17-/m0/s1. The number of thioether (sulfide) groups is 1. The fourth-order valence-corrected chi connectivity index (χ4v) is 4.53. The van der Waals surface area contributed by atoms with Gasteiger partial charge in [-0.1, -0.05) is 23.9 Å². The van der Waals surface area contributed by atoms with Crippen molar-refractivity contribution in [2.75, 3.05) is 17.4 Å². The third kappa shape index (κ3) is 3.28. The number of hydrogen-bond donors (Lipinski definition) is 0. The van der Waals surface area contributed by atoms with Crippen LogP contribution >= 0.6 is 11.8 Å². The topological polar surface area (TPSA) is 47.3 Å². The monoisotopic (exact) mass is 383 g/mol. The summed E-state index contributed by atoms with van der Waals surface area (Å²) >= 11 is 1.41. The van der Waals surface area contributed by atoms with Gasteiger partial charge in [0, 0.05) is 18.0 Å². The fourth-order valence-electron chi connectivity index (χ4n) is 3.36. The Morgan fingerprint density at radius 3 is 2.30 bits per heavy atom. The van der Waals surface area contributed by atoms with Crippen molar-refractivity contribution in [2.45, 2.75) is 12.3 Å². The zero-order valence-corrected chi connectivity index (χ0v) is 15.0. The Kier molecular flexibility index (Phi) is 4.58. The molecule has 2 aliphatic heterocycles. The summed E-state index contributed by atoms with van der Waals surface area (Å²) in [4.78, 5) is 16.3. The quantitative estimate of drug-likeness (QED) is 0.780. The van der Waals surface area contributed by atoms with E-state index in [1.807, 2.05) is 4.90 Å². The first-order valence-electron chi connectivity index (χ1n) is 8.40. The molecule has 1 saturated heterocycles. The molecular formula is C20H15F2N3OS. The molecule has 2 heterocycles. The van der Waals surface area contributed by atoms with Crippen molar-refractivity contribution in [3.8, 4) is 6.07 Å². The number of nitrogens with zero attached hydrogens (tertiary/aromatic N) is 3. The van der Waals surface area contributed by atoms with Gasteiger partial charge in [-0.05, 0) is 42.0 Å². The number of carbonyl (C=O) groups excluding carboxylic acids is 1. The largest absolute Gasteiger partial charge is 0.344 e. The van der Waals surface area contributed by atoms with Crippen molar-refractivity contribution in [1.82, 2.24) is 4.90 Å². The summed E-state index contributed by atoms with van der Waals surface area (Å²) in [6.45, 7) is 0.314. The molecule has 1 fully saturated rings. The lowest BCUT2D eigenvalue weighted by atomic mass is 9.86. The van der Waals surface area contributed by atoms with Crippen LogP contribution in [0.1, 0.15) is 17.9 Å². The van der Waals surface area contributed by atoms with E-state index in [0.717, 1.165) is 11.3 Å². The summed E-state index contributed by atoms with van der Waals surface area (Å²) in [5, 5.41) is 10.4. The molecule has 1 amide bonds. The van der Waals surface area contributed by atoms with Gasteiger partial charge in [0.05, 0.1) is 29.2 Å². The first-order chi connectivity index (χ1) is 13.1. The predicted octanol–water partition coefficient (Wildman–Crippen LogP) is 4.18. The second kappa shape index (κ2) is 7.05. The summed E-state index contributed by atoms with van der Waals surface area (Å²) in [5.41, 5.74) is 2.11. The van der Waals surface area contributed by atoms with Gasteiger partial charge in [-0.25, -0.2) is 8.78 Å². The smallest absolute Gasteiger partial charge is 0.229 e. The van der Waals surface area contributed by atoms with E-state index in [9.17, 15) is 18.8 Å². The Hall–Kier alpha value is -2.85. The van der Waals surface area contributed by atoms with Crippen LogP contribution in [0.4, 0.5) is 14.5 Å². The first kappa shape index (κ1) is 17.6. The lowest BCUT2D eigenvalue weighted by Gasteiger charge is -2.42. The molecule has 0 unspecified atom stereocenters. The predicted molar refractivity (Wildman–Crippen MR) is 99.4 cm³/mol. The van der Waals surface area contributed by atoms with E-state index in [4.69, 9.17) is 0 Å². The molecule has 0 radical (unpaired) electrons. The van der Waals surface area contributed by atoms with Gasteiger partial charge in [0.2, 0.25) is 5.91 Å². The molecule has 27 heavy (non-hydrogen) atoms. The number of allylic oxidation sites excluding steroid dienone is 1. The van der Waals surface area contributed by atoms with Gasteiger partial charge in [0.1, 0.15) is 11.6 Å². The maximum absolute atomic E-state index is 13.2. The minimum Gasteiger partial charge on any atom is -0.344 e. The van der Waals surface area contributed by atoms with Crippen LogP contribution < -0.4 is 4.90 Å². The number of rotatable bonds is 2. The van der Waals surface area contributed by atoms with Gasteiger partial charge in [0.15, 0.2) is 0 Å². The van der Waals surface area contributed by atoms with Crippen LogP contribution in [-0.4, -0.2) is 23.4 Å². The highest BCUT2D eigenvalue weighted by Crippen LogP contribution is 2.43. The molecule has 0 bridgehead atoms. The van der Waals surface area contributed by atoms with Crippen molar-refractivity contribution in [3.63, 3.8) is 0 Å². The SMILES string of the molecule is N#CC1=C2SCN(c3ccc(F)cc3)CN2C(=O)C[C@H]1c1ccc(F)cc1. The number of benzene rings is 2. The lowest BCUT2D eigenvalue weighted by Crippen LogP contribution is -2.47. The molecule has 0 N–H and O–H groups in total. The molecule has 2 aliphatic rings. The zero-order chi connectivity index (χ0) is 19.0. The highest BCUT2D eigenvalue weighted by molar-refractivity contribution is 8.03. The van der Waals surface area contributed by atoms with Gasteiger partial charge in [-0.15, -0.1) is 0 Å². The van der Waals surface area contributed by atoms with Crippen LogP contribution in [0.5, 0.6) is 0 Å². The van der Waals surface area contributed by atoms with E-state index in [2.05, 4.69) is 6.07 Å². The van der Waals surface area contributed by atoms with Crippen molar-refractivity contribution in [1.29, 1.82) is 5.26 Å². The third-order valence-corrected chi connectivity index (χ3v) is 5.91. The van der Waals surface area contributed by atoms with Crippen molar-refractivity contribution in [3.05, 3.63) is 76.3 Å². The molecule has 4 nitrogen and oxygen atoms in total. The highest BCUT2D eigenvalue weighted by Gasteiger charge is 2.38. The lowest BCUT2D eigenvalue weighted by molar-refractivity contribution is -0.129. The number of carbonyl (C=O) groups is 1. The number of amides is 1. The second-order valence-corrected chi connectivity index (χ2v) is 7.33. The molecule has 136 valence electrons. The van der Waals surface area contributed by atoms with Crippen LogP contribution in [0, 0.1) is 23.0 Å². The van der Waals surface area contributed by atoms with Gasteiger partial charge in [0.25, 0.3) is 0 Å². The summed E-state index contributed by atoms with van der Waals surface area (Å²) in [6, 6.07) is 14.3. The third-order valence-electron chi connectivity index (χ3n) is 4.76. The average molecular weight is 383 g/mol. The van der Waals surface area contributed by atoms with Crippen LogP contribution in [0.25, 0.3) is 0 Å². The number of hydrogen-bond acceptors (Lipinski definition) is 4. The average Bonchev–Trinajstić information content (AvgIpc) is 2.69. The van der Waals surface area contributed by atoms with E-state index in [1.165, 1.54) is 36.0 Å². The summed E-state index contributed by atoms with van der Waals surface area (Å²) in [7, 11) is 0. The van der Waals surface area contributed by atoms with Crippen LogP contribution in [0.3, 0.4) is 0 Å². The van der Waals surface area contributed by atoms with E-state index < -0.39 is 0 Å². The van der Waals surface area contributed by atoms with E-state index in [-0.39, 0.29) is 29.9 Å². The van der Waals surface area contributed by atoms with E-state index >= 15 is 0 Å². The summed E-state index contributed by atoms with van der Waals surface area (Å²) in [6.07, 6.45) is 0.163. The van der Waals surface area contributed by atoms with Crippen LogP contribution in [0.15, 0.2) is 59.1 Å². The molecule has 7 heteroatoms. The van der Waals surface area contributed by atoms with Gasteiger partial charge in [-0.3, -0.25) is 9.69 Å². The minimum atomic E-state index is -0.362. The Morgan fingerprint density at radius 2 is 1.67 bits per heavy atom. The molecular weight excluding hydrogens is 368 g/mol. The van der Waals surface area contributed by atoms with Crippen LogP contribution in [0.2, 0.25) is 0 Å². The molecule has 2 aromatic carbocycles. The molecule has 4 rings (SSSR count). The van der Waals surface area contributed by atoms with Gasteiger partial charge in [-0.2, -0.15) is 5.26 Å². The number of anilines is 1. The van der Waals surface area contributed by atoms with Crippen molar-refractivity contribution < 1.29 is 13.6 Å². The van der Waals surface area contributed by atoms with Crippen LogP contribution in [-0.2, 0) is 4.79 Å². The molecule has 0 aliphatic carbocycles. The maximum Gasteiger partial charge on any atom is 0.229 e. The molecule has 1 atom stereocenters. The summed E-state index contributed by atoms with van der Waals surface area (Å²) < 4.78 is 26.4. The van der Waals surface area contributed by atoms with E-state index in [0.29, 0.717) is 23.1 Å². The number of fused-ring (bicyclic) bond motifs is 1. The zero-order valence-electron chi connectivity index (χ0n) is 14.2. The molecule has 0 saturated carbocycles. The van der Waals surface area contributed by atoms with E-state index in [1.54, 1.807) is 29.2 Å². The fraction of sp³-hybridized carbons (Fsp3) is 0.200. The Balaban J connectivity index is 1.65. The minimum absolute atomic E-state index is 0.0855. The Bertz CT molecular complexity index is 951. The first-order valence-corrected chi connectivity index (χ1v) is 9.39. The van der Waals surface area contributed by atoms with Crippen molar-refractivity contribution >= 4 is 23.4 Å². The van der Waals surface area contributed by atoms with Gasteiger partial charge < -0.3 is 4.90 Å². The molecule has 0 aromatic heterocycles. The second-order valence-electron chi connectivity index (χ2n) is 6.39. The Morgan fingerprint density at radius 1 is 1.04 bits per heavy atom. The highest BCUT2D eigenvalue weighted by atomic mass is 32.2. The van der Waals surface area contributed by atoms with Gasteiger partial charge >= 0.3 is 0 Å². The normalized spacial score (nSPS) is 19.7. The molecule has 0 spiro atoms. The number of nitriles is 1. The Labute approximate surface area is 159 Å².